The van der Waals surface area contributed by atoms with E-state index in [4.69, 9.17) is 0 Å². The lowest BCUT2D eigenvalue weighted by Gasteiger charge is -2.44. The van der Waals surface area contributed by atoms with Crippen molar-refractivity contribution in [1.29, 1.82) is 0 Å². The molecule has 0 aliphatic carbocycles. The molecule has 4 rings (SSSR count). The highest BCUT2D eigenvalue weighted by Crippen LogP contribution is 2.47. The maximum Gasteiger partial charge on any atom is 0.167 e. The van der Waals surface area contributed by atoms with Gasteiger partial charge in [0.15, 0.2) is 5.78 Å². The molecule has 178 valence electrons. The molecular formula is C28H31FN2O3. The SMILES string of the molecule is CNCCN1C[C@H](C(=O)c2cccc(O)c2)[C@H](c2cccc(F)c2C)[C@@H](c2ccccc2O)C1. The first-order valence-corrected chi connectivity index (χ1v) is 11.6. The Bertz CT molecular complexity index is 1170. The fourth-order valence-electron chi connectivity index (χ4n) is 5.22. The summed E-state index contributed by atoms with van der Waals surface area (Å²) in [7, 11) is 1.89. The van der Waals surface area contributed by atoms with Gasteiger partial charge < -0.3 is 20.4 Å². The Labute approximate surface area is 199 Å². The van der Waals surface area contributed by atoms with Crippen LogP contribution in [0.15, 0.2) is 66.7 Å². The normalized spacial score (nSPS) is 20.9. The fraction of sp³-hybridized carbons (Fsp3) is 0.321. The Balaban J connectivity index is 1.87. The average Bonchev–Trinajstić information content (AvgIpc) is 2.84. The lowest BCUT2D eigenvalue weighted by atomic mass is 9.67. The molecule has 3 atom stereocenters. The van der Waals surface area contributed by atoms with Crippen LogP contribution in [-0.2, 0) is 0 Å². The lowest BCUT2D eigenvalue weighted by Crippen LogP contribution is -2.48. The maximum atomic E-state index is 14.7. The predicted octanol–water partition coefficient (Wildman–Crippen LogP) is 4.45. The number of para-hydroxylation sites is 1. The van der Waals surface area contributed by atoms with Crippen molar-refractivity contribution >= 4 is 5.78 Å². The third-order valence-electron chi connectivity index (χ3n) is 6.93. The zero-order valence-electron chi connectivity index (χ0n) is 19.5. The number of phenols is 2. The van der Waals surface area contributed by atoms with Gasteiger partial charge in [0.05, 0.1) is 0 Å². The molecule has 0 radical (unpaired) electrons. The topological polar surface area (TPSA) is 72.8 Å². The Morgan fingerprint density at radius 1 is 1.03 bits per heavy atom. The van der Waals surface area contributed by atoms with E-state index >= 15 is 0 Å². The number of carbonyl (C=O) groups excluding carboxylic acids is 1. The molecular weight excluding hydrogens is 431 g/mol. The van der Waals surface area contributed by atoms with Crippen LogP contribution in [0.2, 0.25) is 0 Å². The zero-order chi connectivity index (χ0) is 24.2. The van der Waals surface area contributed by atoms with Crippen LogP contribution in [0.25, 0.3) is 0 Å². The average molecular weight is 463 g/mol. The van der Waals surface area contributed by atoms with Gasteiger partial charge in [-0.1, -0.05) is 42.5 Å². The van der Waals surface area contributed by atoms with Crippen molar-refractivity contribution in [3.63, 3.8) is 0 Å². The van der Waals surface area contributed by atoms with Gasteiger partial charge in [0.25, 0.3) is 0 Å². The van der Waals surface area contributed by atoms with E-state index in [1.807, 2.05) is 25.2 Å². The van der Waals surface area contributed by atoms with Crippen LogP contribution in [0.1, 0.15) is 38.9 Å². The Morgan fingerprint density at radius 3 is 2.50 bits per heavy atom. The summed E-state index contributed by atoms with van der Waals surface area (Å²) in [5.74, 6) is -1.26. The van der Waals surface area contributed by atoms with Crippen molar-refractivity contribution < 1.29 is 19.4 Å². The first-order valence-electron chi connectivity index (χ1n) is 11.6. The number of rotatable bonds is 7. The second kappa shape index (κ2) is 10.4. The summed E-state index contributed by atoms with van der Waals surface area (Å²) in [6.45, 7) is 4.36. The van der Waals surface area contributed by atoms with E-state index in [0.717, 1.165) is 24.2 Å². The molecule has 3 aromatic carbocycles. The summed E-state index contributed by atoms with van der Waals surface area (Å²) in [5, 5.41) is 23.9. The van der Waals surface area contributed by atoms with Gasteiger partial charge in [-0.15, -0.1) is 0 Å². The second-order valence-corrected chi connectivity index (χ2v) is 9.03. The van der Waals surface area contributed by atoms with Gasteiger partial charge in [-0.25, -0.2) is 4.39 Å². The zero-order valence-corrected chi connectivity index (χ0v) is 19.5. The van der Waals surface area contributed by atoms with Crippen molar-refractivity contribution in [1.82, 2.24) is 10.2 Å². The molecule has 0 saturated carbocycles. The number of ketones is 1. The Hall–Kier alpha value is -3.22. The van der Waals surface area contributed by atoms with Gasteiger partial charge in [-0.05, 0) is 54.9 Å². The summed E-state index contributed by atoms with van der Waals surface area (Å²) in [5.41, 5.74) is 2.47. The number of benzene rings is 3. The number of hydrogen-bond acceptors (Lipinski definition) is 5. The third kappa shape index (κ3) is 4.83. The monoisotopic (exact) mass is 462 g/mol. The largest absolute Gasteiger partial charge is 0.508 e. The molecule has 3 aromatic rings. The van der Waals surface area contributed by atoms with Gasteiger partial charge in [-0.3, -0.25) is 4.79 Å². The molecule has 0 amide bonds. The van der Waals surface area contributed by atoms with E-state index in [-0.39, 0.29) is 34.9 Å². The minimum absolute atomic E-state index is 0.0319. The number of likely N-dealkylation sites (N-methyl/N-ethyl adjacent to an activating group) is 1. The first kappa shape index (κ1) is 23.9. The highest BCUT2D eigenvalue weighted by molar-refractivity contribution is 5.99. The van der Waals surface area contributed by atoms with Crippen LogP contribution in [-0.4, -0.2) is 54.1 Å². The van der Waals surface area contributed by atoms with Gasteiger partial charge in [0, 0.05) is 49.5 Å². The van der Waals surface area contributed by atoms with Crippen LogP contribution in [0.5, 0.6) is 11.5 Å². The van der Waals surface area contributed by atoms with Crippen LogP contribution >= 0.6 is 0 Å². The minimum Gasteiger partial charge on any atom is -0.508 e. The van der Waals surface area contributed by atoms with Gasteiger partial charge in [0.2, 0.25) is 0 Å². The van der Waals surface area contributed by atoms with E-state index in [9.17, 15) is 19.4 Å². The number of Topliss-reactive ketones (excluding diaryl/α,β-unsaturated/α-hetero) is 1. The molecule has 0 aromatic heterocycles. The van der Waals surface area contributed by atoms with Gasteiger partial charge >= 0.3 is 0 Å². The number of nitrogens with one attached hydrogen (secondary N) is 1. The summed E-state index contributed by atoms with van der Waals surface area (Å²) < 4.78 is 14.7. The van der Waals surface area contributed by atoms with Crippen molar-refractivity contribution in [3.8, 4) is 11.5 Å². The summed E-state index contributed by atoms with van der Waals surface area (Å²) in [6, 6.07) is 18.6. The van der Waals surface area contributed by atoms with E-state index < -0.39 is 5.92 Å². The van der Waals surface area contributed by atoms with E-state index in [0.29, 0.717) is 24.2 Å². The number of carbonyl (C=O) groups is 1. The highest BCUT2D eigenvalue weighted by atomic mass is 19.1. The summed E-state index contributed by atoms with van der Waals surface area (Å²) in [4.78, 5) is 16.1. The van der Waals surface area contributed by atoms with Crippen molar-refractivity contribution in [2.24, 2.45) is 5.92 Å². The number of phenolic OH excluding ortho intramolecular Hbond substituents is 2. The predicted molar refractivity (Wildman–Crippen MR) is 131 cm³/mol. The summed E-state index contributed by atoms with van der Waals surface area (Å²) >= 11 is 0. The van der Waals surface area contributed by atoms with Gasteiger partial charge in [-0.2, -0.15) is 0 Å². The van der Waals surface area contributed by atoms with Gasteiger partial charge in [0.1, 0.15) is 17.3 Å². The first-order chi connectivity index (χ1) is 16.4. The van der Waals surface area contributed by atoms with Crippen LogP contribution in [0.4, 0.5) is 4.39 Å². The number of piperidine rings is 1. The van der Waals surface area contributed by atoms with E-state index in [1.165, 1.54) is 18.2 Å². The lowest BCUT2D eigenvalue weighted by molar-refractivity contribution is 0.0739. The van der Waals surface area contributed by atoms with Crippen molar-refractivity contribution in [2.75, 3.05) is 33.2 Å². The third-order valence-corrected chi connectivity index (χ3v) is 6.93. The second-order valence-electron chi connectivity index (χ2n) is 9.03. The quantitative estimate of drug-likeness (QED) is 0.453. The molecule has 1 fully saturated rings. The Morgan fingerprint density at radius 2 is 1.76 bits per heavy atom. The molecule has 3 N–H and O–H groups in total. The van der Waals surface area contributed by atoms with Crippen molar-refractivity contribution in [2.45, 2.75) is 18.8 Å². The molecule has 0 bridgehead atoms. The number of aromatic hydroxyl groups is 2. The number of likely N-dealkylation sites (tertiary alicyclic amines) is 1. The highest BCUT2D eigenvalue weighted by Gasteiger charge is 2.43. The van der Waals surface area contributed by atoms with E-state index in [1.54, 1.807) is 37.3 Å². The fourth-order valence-corrected chi connectivity index (χ4v) is 5.22. The van der Waals surface area contributed by atoms with E-state index in [2.05, 4.69) is 10.2 Å². The molecule has 1 heterocycles. The molecule has 6 heteroatoms. The molecule has 1 saturated heterocycles. The number of hydrogen-bond donors (Lipinski definition) is 3. The van der Waals surface area contributed by atoms with Crippen LogP contribution in [0, 0.1) is 18.7 Å². The molecule has 34 heavy (non-hydrogen) atoms. The molecule has 1 aliphatic rings. The summed E-state index contributed by atoms with van der Waals surface area (Å²) in [6.07, 6.45) is 0. The minimum atomic E-state index is -0.488. The molecule has 0 unspecified atom stereocenters. The van der Waals surface area contributed by atoms with Crippen LogP contribution in [0.3, 0.4) is 0 Å². The molecule has 0 spiro atoms. The molecule has 5 nitrogen and oxygen atoms in total. The van der Waals surface area contributed by atoms with Crippen LogP contribution < -0.4 is 5.32 Å². The number of nitrogens with zero attached hydrogens (tertiary/aromatic N) is 1. The number of halogens is 1. The Kier molecular flexibility index (Phi) is 7.29. The molecule has 1 aliphatic heterocycles. The maximum absolute atomic E-state index is 14.7. The smallest absolute Gasteiger partial charge is 0.167 e. The standard InChI is InChI=1S/C28H31FN2O3/c1-18-21(10-6-11-25(18)29)27-23(22-9-3-4-12-26(22)33)16-31(14-13-30-2)17-24(27)28(34)19-7-5-8-20(32)15-19/h3-12,15,23-24,27,30,32-33H,13-14,16-17H2,1-2H3/t23-,24+,27-/m1/s1. The van der Waals surface area contributed by atoms with Crippen molar-refractivity contribution in [3.05, 3.63) is 94.8 Å².